The van der Waals surface area contributed by atoms with E-state index in [0.717, 1.165) is 12.5 Å². The molecule has 1 aliphatic heterocycles. The maximum atomic E-state index is 5.40. The van der Waals surface area contributed by atoms with Crippen LogP contribution in [0, 0.1) is 5.41 Å². The number of rotatable bonds is 1. The highest BCUT2D eigenvalue weighted by molar-refractivity contribution is 5.88. The van der Waals surface area contributed by atoms with E-state index in [1.807, 2.05) is 19.1 Å². The largest absolute Gasteiger partial charge is 0.476 e. The lowest BCUT2D eigenvalue weighted by molar-refractivity contribution is 0.236. The standard InChI is InChI=1S/C10H17NO/c1-5-6-9-11-8(7-12-9)10(2,3)4/h5-6,8H,7H2,1-4H3/b6-5+/t8-/m1/s1. The van der Waals surface area contributed by atoms with E-state index < -0.39 is 0 Å². The second-order valence-corrected chi connectivity index (χ2v) is 4.16. The topological polar surface area (TPSA) is 21.6 Å². The number of allylic oxidation sites excluding steroid dienone is 1. The summed E-state index contributed by atoms with van der Waals surface area (Å²) in [6.07, 6.45) is 3.86. The molecule has 1 atom stereocenters. The van der Waals surface area contributed by atoms with Crippen LogP contribution >= 0.6 is 0 Å². The van der Waals surface area contributed by atoms with Crippen LogP contribution in [0.5, 0.6) is 0 Å². The fourth-order valence-electron chi connectivity index (χ4n) is 1.07. The fraction of sp³-hybridized carbons (Fsp3) is 0.700. The quantitative estimate of drug-likeness (QED) is 0.587. The molecule has 0 aromatic rings. The van der Waals surface area contributed by atoms with Gasteiger partial charge in [0.2, 0.25) is 5.90 Å². The molecule has 0 spiro atoms. The van der Waals surface area contributed by atoms with Crippen LogP contribution in [0.25, 0.3) is 0 Å². The molecule has 0 bridgehead atoms. The van der Waals surface area contributed by atoms with E-state index >= 15 is 0 Å². The van der Waals surface area contributed by atoms with E-state index in [9.17, 15) is 0 Å². The maximum Gasteiger partial charge on any atom is 0.208 e. The average molecular weight is 167 g/mol. The van der Waals surface area contributed by atoms with E-state index in [2.05, 4.69) is 25.8 Å². The van der Waals surface area contributed by atoms with Gasteiger partial charge in [-0.3, -0.25) is 0 Å². The van der Waals surface area contributed by atoms with Gasteiger partial charge in [-0.25, -0.2) is 4.99 Å². The number of hydrogen-bond donors (Lipinski definition) is 0. The molecule has 12 heavy (non-hydrogen) atoms. The Morgan fingerprint density at radius 3 is 2.58 bits per heavy atom. The number of aliphatic imine (C=N–C) groups is 1. The zero-order chi connectivity index (χ0) is 9.19. The monoisotopic (exact) mass is 167 g/mol. The minimum Gasteiger partial charge on any atom is -0.476 e. The second kappa shape index (κ2) is 3.30. The van der Waals surface area contributed by atoms with Gasteiger partial charge in [0, 0.05) is 0 Å². The van der Waals surface area contributed by atoms with Crippen molar-refractivity contribution in [1.29, 1.82) is 0 Å². The van der Waals surface area contributed by atoms with Crippen LogP contribution in [0.1, 0.15) is 27.7 Å². The molecule has 1 heterocycles. The summed E-state index contributed by atoms with van der Waals surface area (Å²) in [6.45, 7) is 9.24. The van der Waals surface area contributed by atoms with Gasteiger partial charge in [0.25, 0.3) is 0 Å². The predicted molar refractivity (Wildman–Crippen MR) is 51.4 cm³/mol. The Balaban J connectivity index is 2.65. The molecule has 0 N–H and O–H groups in total. The first-order valence-electron chi connectivity index (χ1n) is 4.37. The van der Waals surface area contributed by atoms with Gasteiger partial charge in [0.05, 0.1) is 6.04 Å². The molecule has 0 aromatic carbocycles. The van der Waals surface area contributed by atoms with Crippen molar-refractivity contribution in [2.24, 2.45) is 10.4 Å². The Labute approximate surface area is 74.3 Å². The first kappa shape index (κ1) is 9.30. The molecular weight excluding hydrogens is 150 g/mol. The van der Waals surface area contributed by atoms with Gasteiger partial charge < -0.3 is 4.74 Å². The number of ether oxygens (including phenoxy) is 1. The normalized spacial score (nSPS) is 24.3. The van der Waals surface area contributed by atoms with Crippen molar-refractivity contribution in [3.05, 3.63) is 12.2 Å². The first-order chi connectivity index (χ1) is 5.54. The summed E-state index contributed by atoms with van der Waals surface area (Å²) < 4.78 is 5.40. The van der Waals surface area contributed by atoms with Gasteiger partial charge in [-0.05, 0) is 18.4 Å². The highest BCUT2D eigenvalue weighted by Gasteiger charge is 2.29. The Morgan fingerprint density at radius 2 is 2.17 bits per heavy atom. The summed E-state index contributed by atoms with van der Waals surface area (Å²) in [5.41, 5.74) is 0.212. The molecule has 0 aliphatic carbocycles. The molecule has 0 aromatic heterocycles. The van der Waals surface area contributed by atoms with Crippen LogP contribution in [0.15, 0.2) is 17.1 Å². The molecule has 68 valence electrons. The van der Waals surface area contributed by atoms with Crippen molar-refractivity contribution in [2.45, 2.75) is 33.7 Å². The first-order valence-corrected chi connectivity index (χ1v) is 4.37. The summed E-state index contributed by atoms with van der Waals surface area (Å²) >= 11 is 0. The van der Waals surface area contributed by atoms with Crippen LogP contribution in [0.3, 0.4) is 0 Å². The van der Waals surface area contributed by atoms with Gasteiger partial charge >= 0.3 is 0 Å². The molecule has 0 unspecified atom stereocenters. The SMILES string of the molecule is C/C=C/C1=N[C@@H](C(C)(C)C)CO1. The number of nitrogens with zero attached hydrogens (tertiary/aromatic N) is 1. The lowest BCUT2D eigenvalue weighted by atomic mass is 9.88. The molecule has 0 fully saturated rings. The zero-order valence-corrected chi connectivity index (χ0v) is 8.29. The van der Waals surface area contributed by atoms with Crippen molar-refractivity contribution >= 4 is 5.90 Å². The Hall–Kier alpha value is -0.790. The summed E-state index contributed by atoms with van der Waals surface area (Å²) in [4.78, 5) is 4.46. The molecule has 2 heteroatoms. The van der Waals surface area contributed by atoms with Crippen LogP contribution in [-0.4, -0.2) is 18.5 Å². The Bertz CT molecular complexity index is 210. The summed E-state index contributed by atoms with van der Waals surface area (Å²) in [5.74, 6) is 0.775. The second-order valence-electron chi connectivity index (χ2n) is 4.16. The summed E-state index contributed by atoms with van der Waals surface area (Å²) in [5, 5.41) is 0. The van der Waals surface area contributed by atoms with E-state index in [1.165, 1.54) is 0 Å². The molecule has 0 radical (unpaired) electrons. The molecule has 0 amide bonds. The van der Waals surface area contributed by atoms with E-state index in [-0.39, 0.29) is 5.41 Å². The van der Waals surface area contributed by atoms with E-state index in [4.69, 9.17) is 4.74 Å². The van der Waals surface area contributed by atoms with Crippen molar-refractivity contribution in [2.75, 3.05) is 6.61 Å². The third kappa shape index (κ3) is 2.10. The maximum absolute atomic E-state index is 5.40. The molecule has 0 saturated heterocycles. The third-order valence-corrected chi connectivity index (χ3v) is 1.98. The number of hydrogen-bond acceptors (Lipinski definition) is 2. The lowest BCUT2D eigenvalue weighted by Gasteiger charge is -2.21. The average Bonchev–Trinajstić information content (AvgIpc) is 2.35. The van der Waals surface area contributed by atoms with Crippen molar-refractivity contribution < 1.29 is 4.74 Å². The van der Waals surface area contributed by atoms with Gasteiger partial charge in [0.15, 0.2) is 0 Å². The van der Waals surface area contributed by atoms with Crippen LogP contribution < -0.4 is 0 Å². The summed E-state index contributed by atoms with van der Waals surface area (Å²) in [7, 11) is 0. The highest BCUT2D eigenvalue weighted by Crippen LogP contribution is 2.25. The molecule has 1 rings (SSSR count). The van der Waals surface area contributed by atoms with Crippen molar-refractivity contribution in [3.8, 4) is 0 Å². The molecule has 1 aliphatic rings. The van der Waals surface area contributed by atoms with Gasteiger partial charge in [0.1, 0.15) is 6.61 Å². The predicted octanol–water partition coefficient (Wildman–Crippen LogP) is 2.41. The van der Waals surface area contributed by atoms with Crippen molar-refractivity contribution in [3.63, 3.8) is 0 Å². The third-order valence-electron chi connectivity index (χ3n) is 1.98. The fourth-order valence-corrected chi connectivity index (χ4v) is 1.07. The van der Waals surface area contributed by atoms with Gasteiger partial charge in [-0.2, -0.15) is 0 Å². The van der Waals surface area contributed by atoms with E-state index in [1.54, 1.807) is 0 Å². The van der Waals surface area contributed by atoms with Crippen LogP contribution in [0.2, 0.25) is 0 Å². The van der Waals surface area contributed by atoms with Gasteiger partial charge in [-0.1, -0.05) is 26.8 Å². The molecule has 0 saturated carbocycles. The van der Waals surface area contributed by atoms with Crippen LogP contribution in [-0.2, 0) is 4.74 Å². The van der Waals surface area contributed by atoms with E-state index in [0.29, 0.717) is 6.04 Å². The molecule has 2 nitrogen and oxygen atoms in total. The smallest absolute Gasteiger partial charge is 0.208 e. The Morgan fingerprint density at radius 1 is 1.50 bits per heavy atom. The Kier molecular flexibility index (Phi) is 2.55. The van der Waals surface area contributed by atoms with Gasteiger partial charge in [-0.15, -0.1) is 0 Å². The molecular formula is C10H17NO. The minimum atomic E-state index is 0.212. The lowest BCUT2D eigenvalue weighted by Crippen LogP contribution is -2.25. The zero-order valence-electron chi connectivity index (χ0n) is 8.29. The summed E-state index contributed by atoms with van der Waals surface area (Å²) in [6, 6.07) is 0.309. The van der Waals surface area contributed by atoms with Crippen molar-refractivity contribution in [1.82, 2.24) is 0 Å². The highest BCUT2D eigenvalue weighted by atomic mass is 16.5. The minimum absolute atomic E-state index is 0.212. The van der Waals surface area contributed by atoms with Crippen LogP contribution in [0.4, 0.5) is 0 Å².